The molecule has 0 bridgehead atoms. The molecular weight excluding hydrogens is 254 g/mol. The van der Waals surface area contributed by atoms with Gasteiger partial charge in [0.05, 0.1) is 17.7 Å². The summed E-state index contributed by atoms with van der Waals surface area (Å²) in [5, 5.41) is 0. The van der Waals surface area contributed by atoms with Gasteiger partial charge in [-0.1, -0.05) is 13.8 Å². The topological polar surface area (TPSA) is 38.8 Å². The minimum Gasteiger partial charge on any atom is -0.378 e. The molecule has 4 nitrogen and oxygen atoms in total. The van der Waals surface area contributed by atoms with E-state index in [4.69, 9.17) is 9.47 Å². The Morgan fingerprint density at radius 1 is 1.30 bits per heavy atom. The first kappa shape index (κ1) is 15.9. The van der Waals surface area contributed by atoms with Crippen molar-refractivity contribution >= 4 is 5.78 Å². The molecule has 0 N–H and O–H groups in total. The Morgan fingerprint density at radius 3 is 2.50 bits per heavy atom. The zero-order chi connectivity index (χ0) is 14.8. The van der Waals surface area contributed by atoms with Crippen LogP contribution in [0.25, 0.3) is 0 Å². The van der Waals surface area contributed by atoms with E-state index in [0.717, 1.165) is 38.7 Å². The second-order valence-electron chi connectivity index (χ2n) is 6.52. The van der Waals surface area contributed by atoms with Crippen LogP contribution in [0.2, 0.25) is 0 Å². The number of carbonyl (C=O) groups excluding carboxylic acids is 1. The standard InChI is InChI=1S/C16H29NO3/c1-5-16(6-2,17(3)4)14(18)13-7-9-20-15(11-13)8-10-19-12-15/h13H,5-12H2,1-4H3. The Labute approximate surface area is 122 Å². The van der Waals surface area contributed by atoms with Gasteiger partial charge in [0, 0.05) is 25.6 Å². The predicted molar refractivity (Wildman–Crippen MR) is 78.9 cm³/mol. The molecule has 20 heavy (non-hydrogen) atoms. The van der Waals surface area contributed by atoms with Crippen molar-refractivity contribution in [2.45, 2.75) is 57.1 Å². The third-order valence-electron chi connectivity index (χ3n) is 5.42. The normalized spacial score (nSPS) is 31.1. The molecule has 2 saturated heterocycles. The molecular formula is C16H29NO3. The Bertz CT molecular complexity index is 344. The van der Waals surface area contributed by atoms with Gasteiger partial charge in [-0.05, 0) is 39.8 Å². The lowest BCUT2D eigenvalue weighted by molar-refractivity contribution is -0.147. The molecule has 0 amide bonds. The number of Topliss-reactive ketones (excluding diaryl/α,β-unsaturated/α-hetero) is 1. The largest absolute Gasteiger partial charge is 0.378 e. The fraction of sp³-hybridized carbons (Fsp3) is 0.938. The molecule has 4 heteroatoms. The summed E-state index contributed by atoms with van der Waals surface area (Å²) in [7, 11) is 4.05. The van der Waals surface area contributed by atoms with E-state index in [1.54, 1.807) is 0 Å². The van der Waals surface area contributed by atoms with Crippen molar-refractivity contribution in [3.05, 3.63) is 0 Å². The summed E-state index contributed by atoms with van der Waals surface area (Å²) < 4.78 is 11.5. The summed E-state index contributed by atoms with van der Waals surface area (Å²) in [6.07, 6.45) is 4.37. The van der Waals surface area contributed by atoms with Crippen molar-refractivity contribution < 1.29 is 14.3 Å². The quantitative estimate of drug-likeness (QED) is 0.776. The molecule has 0 saturated carbocycles. The molecule has 116 valence electrons. The minimum absolute atomic E-state index is 0.118. The van der Waals surface area contributed by atoms with Crippen LogP contribution in [0.15, 0.2) is 0 Å². The molecule has 2 aliphatic rings. The first-order valence-electron chi connectivity index (χ1n) is 7.93. The number of ketones is 1. The molecule has 2 aliphatic heterocycles. The van der Waals surface area contributed by atoms with Crippen molar-refractivity contribution in [2.24, 2.45) is 5.92 Å². The van der Waals surface area contributed by atoms with Crippen molar-refractivity contribution in [2.75, 3.05) is 33.9 Å². The van der Waals surface area contributed by atoms with Crippen LogP contribution < -0.4 is 0 Å². The molecule has 0 aliphatic carbocycles. The van der Waals surface area contributed by atoms with Gasteiger partial charge in [0.2, 0.25) is 0 Å². The third-order valence-corrected chi connectivity index (χ3v) is 5.42. The van der Waals surface area contributed by atoms with Gasteiger partial charge in [-0.2, -0.15) is 0 Å². The summed E-state index contributed by atoms with van der Waals surface area (Å²) in [6, 6.07) is 0. The van der Waals surface area contributed by atoms with E-state index >= 15 is 0 Å². The number of nitrogens with zero attached hydrogens (tertiary/aromatic N) is 1. The molecule has 1 spiro atoms. The van der Waals surface area contributed by atoms with Crippen molar-refractivity contribution in [1.82, 2.24) is 4.90 Å². The Hall–Kier alpha value is -0.450. The van der Waals surface area contributed by atoms with Crippen molar-refractivity contribution in [1.29, 1.82) is 0 Å². The molecule has 2 heterocycles. The average Bonchev–Trinajstić information content (AvgIpc) is 2.88. The number of likely N-dealkylation sites (N-methyl/N-ethyl adjacent to an activating group) is 1. The number of hydrogen-bond donors (Lipinski definition) is 0. The second kappa shape index (κ2) is 6.12. The van der Waals surface area contributed by atoms with Crippen LogP contribution in [0.1, 0.15) is 46.0 Å². The van der Waals surface area contributed by atoms with Crippen LogP contribution >= 0.6 is 0 Å². The number of rotatable bonds is 5. The average molecular weight is 283 g/mol. The van der Waals surface area contributed by atoms with Gasteiger partial charge in [-0.25, -0.2) is 0 Å². The zero-order valence-electron chi connectivity index (χ0n) is 13.4. The summed E-state index contributed by atoms with van der Waals surface area (Å²) in [4.78, 5) is 15.2. The van der Waals surface area contributed by atoms with Crippen LogP contribution in [0.5, 0.6) is 0 Å². The summed E-state index contributed by atoms with van der Waals surface area (Å²) >= 11 is 0. The van der Waals surface area contributed by atoms with Gasteiger partial charge < -0.3 is 9.47 Å². The van der Waals surface area contributed by atoms with E-state index in [9.17, 15) is 4.79 Å². The highest BCUT2D eigenvalue weighted by Crippen LogP contribution is 2.39. The lowest BCUT2D eigenvalue weighted by atomic mass is 9.74. The summed E-state index contributed by atoms with van der Waals surface area (Å²) in [6.45, 7) is 6.35. The maximum atomic E-state index is 13.1. The number of carbonyl (C=O) groups is 1. The van der Waals surface area contributed by atoms with Crippen LogP contribution in [-0.2, 0) is 14.3 Å². The third kappa shape index (κ3) is 2.66. The maximum absolute atomic E-state index is 13.1. The van der Waals surface area contributed by atoms with Gasteiger partial charge in [-0.15, -0.1) is 0 Å². The Kier molecular flexibility index (Phi) is 4.88. The van der Waals surface area contributed by atoms with Gasteiger partial charge in [0.25, 0.3) is 0 Å². The predicted octanol–water partition coefficient (Wildman–Crippen LogP) is 2.26. The van der Waals surface area contributed by atoms with E-state index in [1.807, 2.05) is 14.1 Å². The highest BCUT2D eigenvalue weighted by Gasteiger charge is 2.47. The van der Waals surface area contributed by atoms with Crippen molar-refractivity contribution in [3.63, 3.8) is 0 Å². The zero-order valence-corrected chi connectivity index (χ0v) is 13.4. The smallest absolute Gasteiger partial charge is 0.156 e. The van der Waals surface area contributed by atoms with E-state index in [2.05, 4.69) is 18.7 Å². The molecule has 2 rings (SSSR count). The van der Waals surface area contributed by atoms with Crippen LogP contribution in [0, 0.1) is 5.92 Å². The van der Waals surface area contributed by atoms with E-state index < -0.39 is 0 Å². The molecule has 0 aromatic heterocycles. The van der Waals surface area contributed by atoms with Crippen molar-refractivity contribution in [3.8, 4) is 0 Å². The maximum Gasteiger partial charge on any atom is 0.156 e. The Balaban J connectivity index is 2.15. The first-order chi connectivity index (χ1) is 9.49. The number of ether oxygens (including phenoxy) is 2. The van der Waals surface area contributed by atoms with E-state index in [-0.39, 0.29) is 17.1 Å². The van der Waals surface area contributed by atoms with Crippen LogP contribution in [0.3, 0.4) is 0 Å². The lowest BCUT2D eigenvalue weighted by Gasteiger charge is -2.43. The number of hydrogen-bond acceptors (Lipinski definition) is 4. The summed E-state index contributed by atoms with van der Waals surface area (Å²) in [5.74, 6) is 0.523. The van der Waals surface area contributed by atoms with Gasteiger partial charge >= 0.3 is 0 Å². The lowest BCUT2D eigenvalue weighted by Crippen LogP contribution is -2.55. The highest BCUT2D eigenvalue weighted by atomic mass is 16.6. The molecule has 2 unspecified atom stereocenters. The summed E-state index contributed by atoms with van der Waals surface area (Å²) in [5.41, 5.74) is -0.499. The highest BCUT2D eigenvalue weighted by molar-refractivity contribution is 5.90. The van der Waals surface area contributed by atoms with Gasteiger partial charge in [-0.3, -0.25) is 9.69 Å². The van der Waals surface area contributed by atoms with E-state index in [0.29, 0.717) is 19.0 Å². The Morgan fingerprint density at radius 2 is 2.00 bits per heavy atom. The minimum atomic E-state index is -0.317. The molecule has 0 aromatic carbocycles. The van der Waals surface area contributed by atoms with Gasteiger partial charge in [0.15, 0.2) is 5.78 Å². The molecule has 0 radical (unpaired) electrons. The molecule has 0 aromatic rings. The second-order valence-corrected chi connectivity index (χ2v) is 6.52. The first-order valence-corrected chi connectivity index (χ1v) is 7.93. The van der Waals surface area contributed by atoms with Crippen LogP contribution in [-0.4, -0.2) is 55.7 Å². The SMILES string of the molecule is CCC(CC)(C(=O)C1CCOC2(CCOC2)C1)N(C)C. The molecule has 2 fully saturated rings. The van der Waals surface area contributed by atoms with Crippen LogP contribution in [0.4, 0.5) is 0 Å². The molecule has 2 atom stereocenters. The van der Waals surface area contributed by atoms with Gasteiger partial charge in [0.1, 0.15) is 0 Å². The van der Waals surface area contributed by atoms with E-state index in [1.165, 1.54) is 0 Å². The monoisotopic (exact) mass is 283 g/mol. The fourth-order valence-electron chi connectivity index (χ4n) is 3.95. The fourth-order valence-corrected chi connectivity index (χ4v) is 3.95.